The SMILES string of the molecule is CCN(CC)CCCNC(=O)c1ccc(-c2nc3c(O)cccc3[nH]2)cc1. The Morgan fingerprint density at radius 2 is 1.89 bits per heavy atom. The molecule has 2 aromatic carbocycles. The summed E-state index contributed by atoms with van der Waals surface area (Å²) in [7, 11) is 0. The molecular weight excluding hydrogens is 340 g/mol. The molecule has 0 aliphatic heterocycles. The zero-order chi connectivity index (χ0) is 19.2. The molecule has 1 heterocycles. The molecule has 6 heteroatoms. The van der Waals surface area contributed by atoms with Gasteiger partial charge in [0.1, 0.15) is 17.1 Å². The standard InChI is InChI=1S/C21H26N4O2/c1-3-25(4-2)14-6-13-22-21(27)16-11-9-15(10-12-16)20-23-17-7-5-8-18(26)19(17)24-20/h5,7-12,26H,3-4,6,13-14H2,1-2H3,(H,22,27)(H,23,24). The van der Waals surface area contributed by atoms with Crippen molar-refractivity contribution in [2.75, 3.05) is 26.2 Å². The third kappa shape index (κ3) is 4.46. The van der Waals surface area contributed by atoms with Gasteiger partial charge in [-0.05, 0) is 50.3 Å². The van der Waals surface area contributed by atoms with Gasteiger partial charge in [-0.3, -0.25) is 4.79 Å². The zero-order valence-corrected chi connectivity index (χ0v) is 15.8. The Morgan fingerprint density at radius 3 is 2.56 bits per heavy atom. The van der Waals surface area contributed by atoms with E-state index >= 15 is 0 Å². The number of hydrogen-bond acceptors (Lipinski definition) is 4. The highest BCUT2D eigenvalue weighted by atomic mass is 16.3. The van der Waals surface area contributed by atoms with Crippen LogP contribution in [0, 0.1) is 0 Å². The molecule has 0 bridgehead atoms. The van der Waals surface area contributed by atoms with Crippen molar-refractivity contribution in [2.45, 2.75) is 20.3 Å². The predicted molar refractivity (Wildman–Crippen MR) is 108 cm³/mol. The number of para-hydroxylation sites is 1. The number of nitrogens with one attached hydrogen (secondary N) is 2. The van der Waals surface area contributed by atoms with Crippen molar-refractivity contribution in [2.24, 2.45) is 0 Å². The van der Waals surface area contributed by atoms with Crippen LogP contribution in [0.25, 0.3) is 22.4 Å². The summed E-state index contributed by atoms with van der Waals surface area (Å²) in [5.41, 5.74) is 2.81. The van der Waals surface area contributed by atoms with E-state index in [4.69, 9.17) is 0 Å². The summed E-state index contributed by atoms with van der Waals surface area (Å²) >= 11 is 0. The molecule has 0 atom stereocenters. The van der Waals surface area contributed by atoms with E-state index < -0.39 is 0 Å². The molecule has 142 valence electrons. The van der Waals surface area contributed by atoms with Crippen LogP contribution in [-0.4, -0.2) is 52.1 Å². The number of fused-ring (bicyclic) bond motifs is 1. The molecule has 0 spiro atoms. The quantitative estimate of drug-likeness (QED) is 0.534. The molecular formula is C21H26N4O2. The maximum atomic E-state index is 12.3. The number of hydrogen-bond donors (Lipinski definition) is 3. The van der Waals surface area contributed by atoms with Gasteiger partial charge in [0.05, 0.1) is 5.52 Å². The summed E-state index contributed by atoms with van der Waals surface area (Å²) in [6.07, 6.45) is 0.938. The van der Waals surface area contributed by atoms with Gasteiger partial charge >= 0.3 is 0 Å². The van der Waals surface area contributed by atoms with E-state index in [1.807, 2.05) is 18.2 Å². The second-order valence-corrected chi connectivity index (χ2v) is 6.47. The first-order valence-electron chi connectivity index (χ1n) is 9.41. The van der Waals surface area contributed by atoms with Gasteiger partial charge in [0.25, 0.3) is 5.91 Å². The maximum absolute atomic E-state index is 12.3. The Hall–Kier alpha value is -2.86. The van der Waals surface area contributed by atoms with Gasteiger partial charge in [0.15, 0.2) is 0 Å². The Kier molecular flexibility index (Phi) is 6.08. The molecule has 1 aromatic heterocycles. The number of aromatic amines is 1. The maximum Gasteiger partial charge on any atom is 0.251 e. The van der Waals surface area contributed by atoms with Crippen molar-refractivity contribution in [1.29, 1.82) is 0 Å². The number of aromatic nitrogens is 2. The van der Waals surface area contributed by atoms with E-state index in [0.717, 1.165) is 37.1 Å². The summed E-state index contributed by atoms with van der Waals surface area (Å²) in [5.74, 6) is 0.747. The van der Waals surface area contributed by atoms with Crippen LogP contribution in [0.2, 0.25) is 0 Å². The molecule has 3 N–H and O–H groups in total. The molecule has 0 saturated heterocycles. The van der Waals surface area contributed by atoms with E-state index in [0.29, 0.717) is 23.4 Å². The van der Waals surface area contributed by atoms with Gasteiger partial charge in [-0.1, -0.05) is 32.0 Å². The lowest BCUT2D eigenvalue weighted by Crippen LogP contribution is -2.29. The largest absolute Gasteiger partial charge is 0.506 e. The Bertz CT molecular complexity index is 898. The summed E-state index contributed by atoms with van der Waals surface area (Å²) in [4.78, 5) is 22.2. The number of phenols is 1. The molecule has 0 saturated carbocycles. The van der Waals surface area contributed by atoms with Crippen molar-refractivity contribution in [3.05, 3.63) is 48.0 Å². The number of imidazole rings is 1. The number of H-pyrrole nitrogens is 1. The molecule has 0 unspecified atom stereocenters. The van der Waals surface area contributed by atoms with Crippen LogP contribution in [0.5, 0.6) is 5.75 Å². The van der Waals surface area contributed by atoms with Crippen LogP contribution in [0.3, 0.4) is 0 Å². The molecule has 1 amide bonds. The summed E-state index contributed by atoms with van der Waals surface area (Å²) < 4.78 is 0. The zero-order valence-electron chi connectivity index (χ0n) is 15.8. The fraction of sp³-hybridized carbons (Fsp3) is 0.333. The van der Waals surface area contributed by atoms with Crippen molar-refractivity contribution in [3.8, 4) is 17.1 Å². The van der Waals surface area contributed by atoms with Crippen molar-refractivity contribution in [1.82, 2.24) is 20.2 Å². The second-order valence-electron chi connectivity index (χ2n) is 6.47. The smallest absolute Gasteiger partial charge is 0.251 e. The van der Waals surface area contributed by atoms with E-state index in [-0.39, 0.29) is 11.7 Å². The van der Waals surface area contributed by atoms with Crippen LogP contribution in [0.1, 0.15) is 30.6 Å². The minimum atomic E-state index is -0.0663. The molecule has 0 fully saturated rings. The minimum Gasteiger partial charge on any atom is -0.506 e. The predicted octanol–water partition coefficient (Wildman–Crippen LogP) is 3.40. The number of nitrogens with zero attached hydrogens (tertiary/aromatic N) is 2. The van der Waals surface area contributed by atoms with Crippen LogP contribution in [0.15, 0.2) is 42.5 Å². The molecule has 3 aromatic rings. The number of benzene rings is 2. The number of phenolic OH excluding ortho intramolecular Hbond substituents is 1. The lowest BCUT2D eigenvalue weighted by molar-refractivity contribution is 0.0952. The number of amides is 1. The topological polar surface area (TPSA) is 81.2 Å². The minimum absolute atomic E-state index is 0.0663. The van der Waals surface area contributed by atoms with Gasteiger partial charge in [-0.2, -0.15) is 0 Å². The monoisotopic (exact) mass is 366 g/mol. The molecule has 0 aliphatic carbocycles. The number of aromatic hydroxyl groups is 1. The molecule has 3 rings (SSSR count). The van der Waals surface area contributed by atoms with Gasteiger partial charge in [-0.15, -0.1) is 0 Å². The first-order chi connectivity index (χ1) is 13.1. The fourth-order valence-corrected chi connectivity index (χ4v) is 3.08. The highest BCUT2D eigenvalue weighted by molar-refractivity contribution is 5.94. The van der Waals surface area contributed by atoms with E-state index in [9.17, 15) is 9.90 Å². The Balaban J connectivity index is 1.61. The van der Waals surface area contributed by atoms with Crippen LogP contribution in [-0.2, 0) is 0 Å². The van der Waals surface area contributed by atoms with E-state index in [2.05, 4.69) is 34.0 Å². The van der Waals surface area contributed by atoms with Gasteiger partial charge in [-0.25, -0.2) is 4.98 Å². The highest BCUT2D eigenvalue weighted by Gasteiger charge is 2.10. The number of carbonyl (C=O) groups excluding carboxylic acids is 1. The van der Waals surface area contributed by atoms with Crippen molar-refractivity contribution in [3.63, 3.8) is 0 Å². The highest BCUT2D eigenvalue weighted by Crippen LogP contribution is 2.26. The third-order valence-electron chi connectivity index (χ3n) is 4.74. The first kappa shape index (κ1) is 18.9. The average molecular weight is 366 g/mol. The summed E-state index contributed by atoms with van der Waals surface area (Å²) in [6, 6.07) is 12.6. The Labute approximate surface area is 159 Å². The number of rotatable bonds is 8. The van der Waals surface area contributed by atoms with Gasteiger partial charge in [0.2, 0.25) is 0 Å². The molecule has 0 aliphatic rings. The average Bonchev–Trinajstić information content (AvgIpc) is 3.14. The first-order valence-corrected chi connectivity index (χ1v) is 9.41. The molecule has 0 radical (unpaired) electrons. The van der Waals surface area contributed by atoms with Crippen LogP contribution >= 0.6 is 0 Å². The second kappa shape index (κ2) is 8.68. The van der Waals surface area contributed by atoms with Gasteiger partial charge < -0.3 is 20.3 Å². The van der Waals surface area contributed by atoms with Crippen molar-refractivity contribution >= 4 is 16.9 Å². The molecule has 27 heavy (non-hydrogen) atoms. The lowest BCUT2D eigenvalue weighted by atomic mass is 10.1. The molecule has 6 nitrogen and oxygen atoms in total. The third-order valence-corrected chi connectivity index (χ3v) is 4.74. The number of carbonyl (C=O) groups is 1. The van der Waals surface area contributed by atoms with Gasteiger partial charge in [0, 0.05) is 17.7 Å². The summed E-state index contributed by atoms with van der Waals surface area (Å²) in [6.45, 7) is 8.02. The summed E-state index contributed by atoms with van der Waals surface area (Å²) in [5, 5.41) is 12.8. The van der Waals surface area contributed by atoms with Crippen LogP contribution < -0.4 is 5.32 Å². The normalized spacial score (nSPS) is 11.2. The Morgan fingerprint density at radius 1 is 1.15 bits per heavy atom. The lowest BCUT2D eigenvalue weighted by Gasteiger charge is -2.17. The van der Waals surface area contributed by atoms with E-state index in [1.54, 1.807) is 24.3 Å². The van der Waals surface area contributed by atoms with Crippen molar-refractivity contribution < 1.29 is 9.90 Å². The fourth-order valence-electron chi connectivity index (χ4n) is 3.08. The van der Waals surface area contributed by atoms with Crippen LogP contribution in [0.4, 0.5) is 0 Å². The van der Waals surface area contributed by atoms with E-state index in [1.165, 1.54) is 0 Å².